The van der Waals surface area contributed by atoms with E-state index in [4.69, 9.17) is 0 Å². The number of fused-ring (bicyclic) bond motifs is 1. The van der Waals surface area contributed by atoms with Gasteiger partial charge in [-0.15, -0.1) is 0 Å². The number of pyridine rings is 1. The second kappa shape index (κ2) is 5.88. The second-order valence-corrected chi connectivity index (χ2v) is 5.97. The average molecular weight is 320 g/mol. The number of hydrogen-bond acceptors (Lipinski definition) is 3. The van der Waals surface area contributed by atoms with Gasteiger partial charge in [0.25, 0.3) is 0 Å². The van der Waals surface area contributed by atoms with Gasteiger partial charge >= 0.3 is 0 Å². The molecular weight excluding hydrogens is 302 g/mol. The molecule has 0 radical (unpaired) electrons. The fourth-order valence-electron chi connectivity index (χ4n) is 2.63. The number of anilines is 1. The van der Waals surface area contributed by atoms with Gasteiger partial charge in [0, 0.05) is 22.1 Å². The summed E-state index contributed by atoms with van der Waals surface area (Å²) in [6.07, 6.45) is 5.50. The first-order valence-electron chi connectivity index (χ1n) is 6.84. The van der Waals surface area contributed by atoms with Crippen LogP contribution in [-0.2, 0) is 0 Å². The number of halogens is 1. The molecule has 0 bridgehead atoms. The second-order valence-electron chi connectivity index (χ2n) is 5.05. The zero-order chi connectivity index (χ0) is 13.1. The molecule has 1 aliphatic heterocycles. The maximum absolute atomic E-state index is 4.54. The third kappa shape index (κ3) is 3.07. The van der Waals surface area contributed by atoms with E-state index in [0.717, 1.165) is 28.8 Å². The van der Waals surface area contributed by atoms with Gasteiger partial charge in [-0.25, -0.2) is 0 Å². The Balaban J connectivity index is 1.87. The van der Waals surface area contributed by atoms with Crippen LogP contribution >= 0.6 is 15.9 Å². The summed E-state index contributed by atoms with van der Waals surface area (Å²) in [5, 5.41) is 8.28. The lowest BCUT2D eigenvalue weighted by Gasteiger charge is -2.18. The Bertz CT molecular complexity index is 562. The number of nitrogens with one attached hydrogen (secondary N) is 2. The molecule has 100 valence electrons. The van der Waals surface area contributed by atoms with Gasteiger partial charge in [-0.2, -0.15) is 0 Å². The first-order valence-corrected chi connectivity index (χ1v) is 7.64. The van der Waals surface area contributed by atoms with E-state index in [-0.39, 0.29) is 0 Å². The topological polar surface area (TPSA) is 37.0 Å². The molecule has 0 amide bonds. The number of aromatic nitrogens is 1. The van der Waals surface area contributed by atoms with Crippen molar-refractivity contribution in [2.45, 2.75) is 25.3 Å². The highest BCUT2D eigenvalue weighted by Gasteiger charge is 2.13. The summed E-state index contributed by atoms with van der Waals surface area (Å²) in [7, 11) is 0. The van der Waals surface area contributed by atoms with Crippen LogP contribution in [0.1, 0.15) is 19.3 Å². The van der Waals surface area contributed by atoms with E-state index in [0.29, 0.717) is 6.04 Å². The van der Waals surface area contributed by atoms with Crippen LogP contribution < -0.4 is 10.6 Å². The molecule has 1 fully saturated rings. The van der Waals surface area contributed by atoms with Gasteiger partial charge in [-0.05, 0) is 60.4 Å². The number of benzene rings is 1. The molecule has 1 atom stereocenters. The lowest BCUT2D eigenvalue weighted by molar-refractivity contribution is 0.638. The first kappa shape index (κ1) is 12.9. The standard InChI is InChI=1S/C15H18BrN3/c16-12-9-11-3-1-5-14(15(11)18-10-12)19-13-4-2-7-17-8-6-13/h1,3,5,9-10,13,17,19H,2,4,6-8H2. The van der Waals surface area contributed by atoms with Gasteiger partial charge < -0.3 is 10.6 Å². The summed E-state index contributed by atoms with van der Waals surface area (Å²) in [5.74, 6) is 0. The third-order valence-electron chi connectivity index (χ3n) is 3.61. The smallest absolute Gasteiger partial charge is 0.0934 e. The minimum atomic E-state index is 0.547. The van der Waals surface area contributed by atoms with Gasteiger partial charge in [0.1, 0.15) is 0 Å². The predicted molar refractivity (Wildman–Crippen MR) is 83.6 cm³/mol. The van der Waals surface area contributed by atoms with Gasteiger partial charge in [-0.1, -0.05) is 12.1 Å². The van der Waals surface area contributed by atoms with E-state index in [1.165, 1.54) is 24.6 Å². The van der Waals surface area contributed by atoms with Crippen LogP contribution in [0.2, 0.25) is 0 Å². The molecule has 1 aromatic heterocycles. The molecule has 0 saturated carbocycles. The van der Waals surface area contributed by atoms with Gasteiger partial charge in [0.05, 0.1) is 11.2 Å². The van der Waals surface area contributed by atoms with Crippen molar-refractivity contribution >= 4 is 32.5 Å². The van der Waals surface area contributed by atoms with Crippen LogP contribution in [0.4, 0.5) is 5.69 Å². The van der Waals surface area contributed by atoms with Crippen LogP contribution in [-0.4, -0.2) is 24.1 Å². The Morgan fingerprint density at radius 3 is 3.16 bits per heavy atom. The molecule has 1 unspecified atom stereocenters. The van der Waals surface area contributed by atoms with Crippen LogP contribution in [0.3, 0.4) is 0 Å². The monoisotopic (exact) mass is 319 g/mol. The molecule has 4 heteroatoms. The quantitative estimate of drug-likeness (QED) is 0.888. The van der Waals surface area contributed by atoms with Gasteiger partial charge in [-0.3, -0.25) is 4.98 Å². The van der Waals surface area contributed by atoms with Crippen molar-refractivity contribution in [2.75, 3.05) is 18.4 Å². The number of nitrogens with zero attached hydrogens (tertiary/aromatic N) is 1. The van der Waals surface area contributed by atoms with Gasteiger partial charge in [0.15, 0.2) is 0 Å². The Labute approximate surface area is 121 Å². The van der Waals surface area contributed by atoms with Crippen molar-refractivity contribution in [2.24, 2.45) is 0 Å². The Hall–Kier alpha value is -1.13. The predicted octanol–water partition coefficient (Wildman–Crippen LogP) is 3.55. The Morgan fingerprint density at radius 1 is 1.26 bits per heavy atom. The van der Waals surface area contributed by atoms with E-state index in [9.17, 15) is 0 Å². The lowest BCUT2D eigenvalue weighted by Crippen LogP contribution is -2.21. The van der Waals surface area contributed by atoms with Crippen LogP contribution in [0.25, 0.3) is 10.9 Å². The summed E-state index contributed by atoms with van der Waals surface area (Å²) in [4.78, 5) is 4.54. The van der Waals surface area contributed by atoms with Crippen LogP contribution in [0.5, 0.6) is 0 Å². The molecule has 19 heavy (non-hydrogen) atoms. The molecule has 1 saturated heterocycles. The fraction of sp³-hybridized carbons (Fsp3) is 0.400. The molecule has 1 aliphatic rings. The zero-order valence-electron chi connectivity index (χ0n) is 10.8. The van der Waals surface area contributed by atoms with Crippen LogP contribution in [0.15, 0.2) is 34.9 Å². The molecule has 3 rings (SSSR count). The number of para-hydroxylation sites is 1. The summed E-state index contributed by atoms with van der Waals surface area (Å²) in [6.45, 7) is 2.24. The molecule has 2 aromatic rings. The molecule has 0 aliphatic carbocycles. The van der Waals surface area contributed by atoms with E-state index in [1.54, 1.807) is 0 Å². The first-order chi connectivity index (χ1) is 9.33. The van der Waals surface area contributed by atoms with Crippen molar-refractivity contribution in [1.29, 1.82) is 0 Å². The Morgan fingerprint density at radius 2 is 2.21 bits per heavy atom. The summed E-state index contributed by atoms with van der Waals surface area (Å²) in [6, 6.07) is 8.98. The van der Waals surface area contributed by atoms with Crippen molar-refractivity contribution < 1.29 is 0 Å². The minimum Gasteiger partial charge on any atom is -0.381 e. The normalized spacial score (nSPS) is 20.2. The molecule has 2 heterocycles. The summed E-state index contributed by atoms with van der Waals surface area (Å²) < 4.78 is 1.02. The number of hydrogen-bond donors (Lipinski definition) is 2. The minimum absolute atomic E-state index is 0.547. The largest absolute Gasteiger partial charge is 0.381 e. The lowest BCUT2D eigenvalue weighted by atomic mass is 10.1. The molecule has 0 spiro atoms. The summed E-state index contributed by atoms with van der Waals surface area (Å²) in [5.41, 5.74) is 2.21. The van der Waals surface area contributed by atoms with E-state index >= 15 is 0 Å². The van der Waals surface area contributed by atoms with E-state index in [2.05, 4.69) is 55.8 Å². The van der Waals surface area contributed by atoms with Crippen molar-refractivity contribution in [3.63, 3.8) is 0 Å². The number of rotatable bonds is 2. The maximum Gasteiger partial charge on any atom is 0.0934 e. The molecule has 3 nitrogen and oxygen atoms in total. The SMILES string of the molecule is Brc1cnc2c(NC3CCCNCC3)cccc2c1. The van der Waals surface area contributed by atoms with Crippen molar-refractivity contribution in [1.82, 2.24) is 10.3 Å². The fourth-order valence-corrected chi connectivity index (χ4v) is 2.98. The highest BCUT2D eigenvalue weighted by atomic mass is 79.9. The van der Waals surface area contributed by atoms with E-state index in [1.807, 2.05) is 6.20 Å². The highest BCUT2D eigenvalue weighted by molar-refractivity contribution is 9.10. The third-order valence-corrected chi connectivity index (χ3v) is 4.05. The Kier molecular flexibility index (Phi) is 3.99. The average Bonchev–Trinajstić information content (AvgIpc) is 2.67. The highest BCUT2D eigenvalue weighted by Crippen LogP contribution is 2.25. The van der Waals surface area contributed by atoms with Crippen molar-refractivity contribution in [3.8, 4) is 0 Å². The maximum atomic E-state index is 4.54. The van der Waals surface area contributed by atoms with Crippen LogP contribution in [0, 0.1) is 0 Å². The molecule has 1 aromatic carbocycles. The van der Waals surface area contributed by atoms with Crippen molar-refractivity contribution in [3.05, 3.63) is 34.9 Å². The molecule has 2 N–H and O–H groups in total. The van der Waals surface area contributed by atoms with E-state index < -0.39 is 0 Å². The van der Waals surface area contributed by atoms with Gasteiger partial charge in [0.2, 0.25) is 0 Å². The zero-order valence-corrected chi connectivity index (χ0v) is 12.4. The molecular formula is C15H18BrN3. The summed E-state index contributed by atoms with van der Waals surface area (Å²) >= 11 is 3.47.